The molecular formula is C21H21NO5. The summed E-state index contributed by atoms with van der Waals surface area (Å²) in [5.41, 5.74) is 0.784. The van der Waals surface area contributed by atoms with Crippen molar-refractivity contribution in [2.24, 2.45) is 0 Å². The molecule has 2 heterocycles. The van der Waals surface area contributed by atoms with Gasteiger partial charge in [-0.05, 0) is 62.3 Å². The monoisotopic (exact) mass is 367 g/mol. The van der Waals surface area contributed by atoms with E-state index in [9.17, 15) is 9.90 Å². The predicted octanol–water partition coefficient (Wildman–Crippen LogP) is 3.90. The van der Waals surface area contributed by atoms with E-state index < -0.39 is 0 Å². The molecule has 0 spiro atoms. The first-order valence-corrected chi connectivity index (χ1v) is 8.96. The average molecular weight is 367 g/mol. The first-order valence-electron chi connectivity index (χ1n) is 8.96. The molecule has 2 aromatic carbocycles. The van der Waals surface area contributed by atoms with Crippen LogP contribution in [0.2, 0.25) is 0 Å². The van der Waals surface area contributed by atoms with E-state index in [2.05, 4.69) is 4.90 Å². The normalized spacial score (nSPS) is 14.6. The highest BCUT2D eigenvalue weighted by Gasteiger charge is 2.19. The zero-order chi connectivity index (χ0) is 18.8. The summed E-state index contributed by atoms with van der Waals surface area (Å²) in [4.78, 5) is 15.1. The number of aromatic hydroxyl groups is 1. The van der Waals surface area contributed by atoms with Crippen LogP contribution in [0.15, 0.2) is 51.9 Å². The summed E-state index contributed by atoms with van der Waals surface area (Å²) in [7, 11) is 1.59. The lowest BCUT2D eigenvalue weighted by molar-refractivity contribution is 0.323. The maximum Gasteiger partial charge on any atom is 0.235 e. The van der Waals surface area contributed by atoms with E-state index in [1.807, 2.05) is 0 Å². The van der Waals surface area contributed by atoms with Gasteiger partial charge < -0.3 is 19.0 Å². The van der Waals surface area contributed by atoms with Gasteiger partial charge in [0.25, 0.3) is 0 Å². The number of hydrogen-bond donors (Lipinski definition) is 1. The van der Waals surface area contributed by atoms with Crippen molar-refractivity contribution in [1.82, 2.24) is 4.90 Å². The quantitative estimate of drug-likeness (QED) is 0.737. The molecule has 0 bridgehead atoms. The lowest BCUT2D eigenvalue weighted by atomic mass is 10.1. The van der Waals surface area contributed by atoms with Gasteiger partial charge in [-0.15, -0.1) is 0 Å². The van der Waals surface area contributed by atoms with Gasteiger partial charge in [-0.2, -0.15) is 0 Å². The molecule has 6 nitrogen and oxygen atoms in total. The number of fused-ring (bicyclic) bond motifs is 1. The lowest BCUT2D eigenvalue weighted by Gasteiger charge is -2.16. The molecule has 1 aromatic heterocycles. The molecule has 27 heavy (non-hydrogen) atoms. The molecule has 140 valence electrons. The third kappa shape index (κ3) is 3.48. The van der Waals surface area contributed by atoms with Crippen LogP contribution in [0, 0.1) is 0 Å². The van der Waals surface area contributed by atoms with Crippen LogP contribution in [0.5, 0.6) is 23.0 Å². The third-order valence-corrected chi connectivity index (χ3v) is 4.86. The van der Waals surface area contributed by atoms with Crippen molar-refractivity contribution < 1.29 is 19.0 Å². The molecule has 1 aliphatic rings. The largest absolute Gasteiger partial charge is 0.507 e. The van der Waals surface area contributed by atoms with Gasteiger partial charge >= 0.3 is 0 Å². The Kier molecular flexibility index (Phi) is 4.73. The highest BCUT2D eigenvalue weighted by atomic mass is 16.5. The number of phenolic OH excluding ortho intramolecular Hbond substituents is 1. The second-order valence-corrected chi connectivity index (χ2v) is 6.63. The minimum absolute atomic E-state index is 0.102. The molecule has 6 heteroatoms. The molecule has 1 saturated heterocycles. The van der Waals surface area contributed by atoms with Crippen LogP contribution in [0.1, 0.15) is 18.4 Å². The Morgan fingerprint density at radius 3 is 2.48 bits per heavy atom. The smallest absolute Gasteiger partial charge is 0.235 e. The average Bonchev–Trinajstić information content (AvgIpc) is 3.20. The summed E-state index contributed by atoms with van der Waals surface area (Å²) in [5, 5.41) is 10.7. The SMILES string of the molecule is COc1ccc(Oc2coc3c(CN4CCCC4)c(O)ccc3c2=O)cc1. The molecule has 0 atom stereocenters. The fourth-order valence-electron chi connectivity index (χ4n) is 3.39. The number of rotatable bonds is 5. The fourth-order valence-corrected chi connectivity index (χ4v) is 3.39. The Bertz CT molecular complexity index is 1000. The Morgan fingerprint density at radius 2 is 1.78 bits per heavy atom. The molecule has 1 fully saturated rings. The van der Waals surface area contributed by atoms with Crippen LogP contribution >= 0.6 is 0 Å². The number of benzene rings is 2. The second kappa shape index (κ2) is 7.32. The summed E-state index contributed by atoms with van der Waals surface area (Å²) in [6, 6.07) is 10.1. The highest BCUT2D eigenvalue weighted by Crippen LogP contribution is 2.30. The van der Waals surface area contributed by atoms with Crippen molar-refractivity contribution in [2.75, 3.05) is 20.2 Å². The molecule has 1 N–H and O–H groups in total. The molecule has 0 amide bonds. The van der Waals surface area contributed by atoms with Crippen LogP contribution in [0.25, 0.3) is 11.0 Å². The van der Waals surface area contributed by atoms with Crippen molar-refractivity contribution in [3.05, 3.63) is 58.4 Å². The van der Waals surface area contributed by atoms with Gasteiger partial charge in [0.1, 0.15) is 29.1 Å². The van der Waals surface area contributed by atoms with Gasteiger partial charge in [0, 0.05) is 6.54 Å². The Labute approximate surface area is 156 Å². The van der Waals surface area contributed by atoms with E-state index in [0.717, 1.165) is 25.9 Å². The van der Waals surface area contributed by atoms with Crippen LogP contribution in [-0.4, -0.2) is 30.2 Å². The van der Waals surface area contributed by atoms with Crippen molar-refractivity contribution >= 4 is 11.0 Å². The van der Waals surface area contributed by atoms with Gasteiger partial charge in [-0.25, -0.2) is 0 Å². The van der Waals surface area contributed by atoms with E-state index >= 15 is 0 Å². The molecule has 0 radical (unpaired) electrons. The van der Waals surface area contributed by atoms with Crippen LogP contribution < -0.4 is 14.9 Å². The second-order valence-electron chi connectivity index (χ2n) is 6.63. The summed E-state index contributed by atoms with van der Waals surface area (Å²) in [6.45, 7) is 2.53. The minimum atomic E-state index is -0.269. The van der Waals surface area contributed by atoms with Crippen LogP contribution in [0.3, 0.4) is 0 Å². The number of methoxy groups -OCH3 is 1. The lowest BCUT2D eigenvalue weighted by Crippen LogP contribution is -2.19. The molecule has 0 unspecified atom stereocenters. The first-order chi connectivity index (χ1) is 13.2. The van der Waals surface area contributed by atoms with Gasteiger partial charge in [-0.1, -0.05) is 0 Å². The number of phenols is 1. The van der Waals surface area contributed by atoms with Gasteiger partial charge in [0.2, 0.25) is 11.2 Å². The molecule has 3 aromatic rings. The van der Waals surface area contributed by atoms with E-state index in [0.29, 0.717) is 34.6 Å². The zero-order valence-corrected chi connectivity index (χ0v) is 15.1. The predicted molar refractivity (Wildman–Crippen MR) is 102 cm³/mol. The maximum absolute atomic E-state index is 12.9. The van der Waals surface area contributed by atoms with Crippen molar-refractivity contribution in [3.8, 4) is 23.0 Å². The van der Waals surface area contributed by atoms with Gasteiger partial charge in [0.05, 0.1) is 18.1 Å². The third-order valence-electron chi connectivity index (χ3n) is 4.86. The highest BCUT2D eigenvalue weighted by molar-refractivity contribution is 5.83. The van der Waals surface area contributed by atoms with Crippen molar-refractivity contribution in [2.45, 2.75) is 19.4 Å². The number of ether oxygens (including phenoxy) is 2. The Morgan fingerprint density at radius 1 is 1.07 bits per heavy atom. The zero-order valence-electron chi connectivity index (χ0n) is 15.1. The summed E-state index contributed by atoms with van der Waals surface area (Å²) in [6.07, 6.45) is 3.60. The van der Waals surface area contributed by atoms with Gasteiger partial charge in [0.15, 0.2) is 0 Å². The summed E-state index contributed by atoms with van der Waals surface area (Å²) < 4.78 is 16.5. The van der Waals surface area contributed by atoms with E-state index in [1.165, 1.54) is 6.26 Å². The van der Waals surface area contributed by atoms with Crippen LogP contribution in [0.4, 0.5) is 0 Å². The fraction of sp³-hybridized carbons (Fsp3) is 0.286. The summed E-state index contributed by atoms with van der Waals surface area (Å²) in [5.74, 6) is 1.46. The van der Waals surface area contributed by atoms with Crippen molar-refractivity contribution in [1.29, 1.82) is 0 Å². The van der Waals surface area contributed by atoms with Crippen molar-refractivity contribution in [3.63, 3.8) is 0 Å². The molecule has 1 aliphatic heterocycles. The minimum Gasteiger partial charge on any atom is -0.507 e. The van der Waals surface area contributed by atoms with Gasteiger partial charge in [-0.3, -0.25) is 9.69 Å². The number of likely N-dealkylation sites (tertiary alicyclic amines) is 1. The van der Waals surface area contributed by atoms with E-state index in [-0.39, 0.29) is 16.9 Å². The summed E-state index contributed by atoms with van der Waals surface area (Å²) >= 11 is 0. The van der Waals surface area contributed by atoms with E-state index in [4.69, 9.17) is 13.9 Å². The Hall–Kier alpha value is -2.99. The number of hydrogen-bond acceptors (Lipinski definition) is 6. The van der Waals surface area contributed by atoms with E-state index in [1.54, 1.807) is 43.5 Å². The Balaban J connectivity index is 1.68. The first kappa shape index (κ1) is 17.4. The molecule has 0 saturated carbocycles. The van der Waals surface area contributed by atoms with Crippen LogP contribution in [-0.2, 0) is 6.54 Å². The standard InChI is InChI=1S/C21H21NO5/c1-25-14-4-6-15(7-5-14)27-19-13-26-21-16(20(19)24)8-9-18(23)17(21)12-22-10-2-3-11-22/h4-9,13,23H,2-3,10-12H2,1H3. The molecule has 4 rings (SSSR count). The molecular weight excluding hydrogens is 346 g/mol. The maximum atomic E-state index is 12.9. The number of nitrogens with zero attached hydrogens (tertiary/aromatic N) is 1. The topological polar surface area (TPSA) is 72.1 Å². The molecule has 0 aliphatic carbocycles.